The molecule has 4 aliphatic rings. The molecule has 0 unspecified atom stereocenters. The molecule has 3 heteroatoms. The first-order valence-corrected chi connectivity index (χ1v) is 14.3. The summed E-state index contributed by atoms with van der Waals surface area (Å²) in [5, 5.41) is 15.1. The van der Waals surface area contributed by atoms with E-state index in [-0.39, 0.29) is 5.41 Å². The van der Waals surface area contributed by atoms with Gasteiger partial charge in [-0.15, -0.1) is 0 Å². The average Bonchev–Trinajstić information content (AvgIpc) is 3.08. The van der Waals surface area contributed by atoms with E-state index in [4.69, 9.17) is 0 Å². The zero-order valence-electron chi connectivity index (χ0n) is 21.4. The van der Waals surface area contributed by atoms with Gasteiger partial charge in [0, 0.05) is 18.4 Å². The molecule has 0 spiro atoms. The smallest absolute Gasteiger partial charge is 0.139 e. The number of nitrogens with one attached hydrogen (secondary N) is 1. The normalized spacial score (nSPS) is 43.6. The van der Waals surface area contributed by atoms with Crippen molar-refractivity contribution >= 4 is 5.78 Å². The van der Waals surface area contributed by atoms with Crippen molar-refractivity contribution < 1.29 is 9.90 Å². The Labute approximate surface area is 197 Å². The lowest BCUT2D eigenvalue weighted by molar-refractivity contribution is -0.153. The van der Waals surface area contributed by atoms with E-state index in [1.807, 2.05) is 0 Å². The Bertz CT molecular complexity index is 649. The Morgan fingerprint density at radius 2 is 1.66 bits per heavy atom. The second-order valence-electron chi connectivity index (χ2n) is 12.8. The van der Waals surface area contributed by atoms with E-state index in [1.165, 1.54) is 70.6 Å². The molecule has 184 valence electrons. The second kappa shape index (κ2) is 10.1. The van der Waals surface area contributed by atoms with Crippen molar-refractivity contribution in [2.75, 3.05) is 13.1 Å². The van der Waals surface area contributed by atoms with Crippen molar-refractivity contribution in [2.45, 2.75) is 129 Å². The third-order valence-corrected chi connectivity index (χ3v) is 10.9. The van der Waals surface area contributed by atoms with E-state index in [2.05, 4.69) is 26.1 Å². The predicted molar refractivity (Wildman–Crippen MR) is 133 cm³/mol. The van der Waals surface area contributed by atoms with Crippen molar-refractivity contribution in [2.24, 2.45) is 34.5 Å². The number of unbranched alkanes of at least 4 members (excludes halogenated alkanes) is 6. The molecule has 0 aliphatic heterocycles. The van der Waals surface area contributed by atoms with Crippen LogP contribution < -0.4 is 5.32 Å². The molecule has 4 aliphatic carbocycles. The molecular formula is C29H51NO2. The topological polar surface area (TPSA) is 49.3 Å². The van der Waals surface area contributed by atoms with Crippen LogP contribution in [0.4, 0.5) is 0 Å². The van der Waals surface area contributed by atoms with Gasteiger partial charge in [0.1, 0.15) is 5.78 Å². The van der Waals surface area contributed by atoms with Crippen LogP contribution in [0.3, 0.4) is 0 Å². The summed E-state index contributed by atoms with van der Waals surface area (Å²) in [5.74, 6) is 3.37. The van der Waals surface area contributed by atoms with Crippen molar-refractivity contribution in [3.8, 4) is 0 Å². The van der Waals surface area contributed by atoms with E-state index >= 15 is 0 Å². The molecule has 0 aromatic rings. The van der Waals surface area contributed by atoms with Crippen molar-refractivity contribution in [1.29, 1.82) is 0 Å². The fraction of sp³-hybridized carbons (Fsp3) is 0.966. The minimum atomic E-state index is -0.509. The molecule has 32 heavy (non-hydrogen) atoms. The Hall–Kier alpha value is -0.410. The molecule has 0 amide bonds. The van der Waals surface area contributed by atoms with Crippen molar-refractivity contribution in [1.82, 2.24) is 5.32 Å². The Morgan fingerprint density at radius 1 is 0.906 bits per heavy atom. The molecule has 4 saturated carbocycles. The monoisotopic (exact) mass is 445 g/mol. The Balaban J connectivity index is 1.25. The standard InChI is InChI=1S/C29H51NO2/c1-4-5-6-7-8-9-10-19-30-21-29(32)18-17-27(2)22(20-29)11-12-23-24-13-14-26(31)28(24,3)16-15-25(23)27/h22-25,30,32H,4-21H2,1-3H3/t22-,23-,24-,25-,27-,28-,29+/m0/s1. The number of hydrogen-bond acceptors (Lipinski definition) is 3. The maximum Gasteiger partial charge on any atom is 0.139 e. The number of ketones is 1. The summed E-state index contributed by atoms with van der Waals surface area (Å²) in [5.41, 5.74) is -0.148. The highest BCUT2D eigenvalue weighted by molar-refractivity contribution is 5.87. The number of carbonyl (C=O) groups is 1. The van der Waals surface area contributed by atoms with E-state index in [9.17, 15) is 9.90 Å². The third-order valence-electron chi connectivity index (χ3n) is 10.9. The molecule has 0 heterocycles. The minimum absolute atomic E-state index is 0.0142. The lowest BCUT2D eigenvalue weighted by Gasteiger charge is -2.61. The van der Waals surface area contributed by atoms with Gasteiger partial charge in [-0.25, -0.2) is 0 Å². The molecule has 3 nitrogen and oxygen atoms in total. The Morgan fingerprint density at radius 3 is 2.44 bits per heavy atom. The van der Waals surface area contributed by atoms with Gasteiger partial charge in [0.05, 0.1) is 5.60 Å². The van der Waals surface area contributed by atoms with E-state index < -0.39 is 5.60 Å². The van der Waals surface area contributed by atoms with Gasteiger partial charge in [0.15, 0.2) is 0 Å². The summed E-state index contributed by atoms with van der Waals surface area (Å²) in [7, 11) is 0. The van der Waals surface area contributed by atoms with Crippen LogP contribution in [0.2, 0.25) is 0 Å². The van der Waals surface area contributed by atoms with Gasteiger partial charge >= 0.3 is 0 Å². The van der Waals surface area contributed by atoms with Crippen LogP contribution in [0.15, 0.2) is 0 Å². The lowest BCUT2D eigenvalue weighted by atomic mass is 9.44. The summed E-state index contributed by atoms with van der Waals surface area (Å²) >= 11 is 0. The lowest BCUT2D eigenvalue weighted by Crippen LogP contribution is -2.57. The maximum atomic E-state index is 12.6. The number of hydrogen-bond donors (Lipinski definition) is 2. The summed E-state index contributed by atoms with van der Waals surface area (Å²) in [4.78, 5) is 12.6. The van der Waals surface area contributed by atoms with Gasteiger partial charge < -0.3 is 10.4 Å². The van der Waals surface area contributed by atoms with Crippen molar-refractivity contribution in [3.63, 3.8) is 0 Å². The number of Topliss-reactive ketones (excluding diaryl/α,β-unsaturated/α-hetero) is 1. The summed E-state index contributed by atoms with van der Waals surface area (Å²) < 4.78 is 0. The Kier molecular flexibility index (Phi) is 7.77. The molecular weight excluding hydrogens is 394 g/mol. The zero-order valence-corrected chi connectivity index (χ0v) is 21.4. The third kappa shape index (κ3) is 4.72. The summed E-state index contributed by atoms with van der Waals surface area (Å²) in [6.45, 7) is 8.94. The molecule has 4 rings (SSSR count). The molecule has 2 N–H and O–H groups in total. The molecule has 0 aromatic carbocycles. The van der Waals surface area contributed by atoms with Crippen LogP contribution >= 0.6 is 0 Å². The molecule has 7 atom stereocenters. The second-order valence-corrected chi connectivity index (χ2v) is 12.8. The summed E-state index contributed by atoms with van der Waals surface area (Å²) in [6.07, 6.45) is 19.4. The van der Waals surface area contributed by atoms with Gasteiger partial charge in [-0.3, -0.25) is 4.79 Å². The average molecular weight is 446 g/mol. The first-order valence-electron chi connectivity index (χ1n) is 14.3. The van der Waals surface area contributed by atoms with Crippen LogP contribution in [-0.4, -0.2) is 29.6 Å². The fourth-order valence-corrected chi connectivity index (χ4v) is 8.78. The van der Waals surface area contributed by atoms with E-state index in [1.54, 1.807) is 0 Å². The van der Waals surface area contributed by atoms with Crippen LogP contribution in [0.25, 0.3) is 0 Å². The first-order chi connectivity index (χ1) is 15.3. The maximum absolute atomic E-state index is 12.6. The molecule has 4 fully saturated rings. The first kappa shape index (κ1) is 24.7. The summed E-state index contributed by atoms with van der Waals surface area (Å²) in [6, 6.07) is 0. The highest BCUT2D eigenvalue weighted by atomic mass is 16.3. The van der Waals surface area contributed by atoms with Crippen LogP contribution in [-0.2, 0) is 4.79 Å². The largest absolute Gasteiger partial charge is 0.389 e. The quantitative estimate of drug-likeness (QED) is 0.369. The van der Waals surface area contributed by atoms with Crippen LogP contribution in [0, 0.1) is 34.5 Å². The van der Waals surface area contributed by atoms with Crippen LogP contribution in [0.1, 0.15) is 124 Å². The van der Waals surface area contributed by atoms with Gasteiger partial charge in [0.2, 0.25) is 0 Å². The minimum Gasteiger partial charge on any atom is -0.389 e. The highest BCUT2D eigenvalue weighted by Crippen LogP contribution is 2.66. The van der Waals surface area contributed by atoms with Crippen LogP contribution in [0.5, 0.6) is 0 Å². The zero-order chi connectivity index (χ0) is 22.8. The van der Waals surface area contributed by atoms with Gasteiger partial charge in [0.25, 0.3) is 0 Å². The SMILES string of the molecule is CCCCCCCCCNC[C@@]1(O)CC[C@@]2(C)[C@@H](CC[C@@H]3[C@@H]2CC[C@]2(C)C(=O)CC[C@@H]32)C1. The molecule has 0 aromatic heterocycles. The number of rotatable bonds is 10. The number of aliphatic hydroxyl groups is 1. The van der Waals surface area contributed by atoms with Gasteiger partial charge in [-0.2, -0.15) is 0 Å². The fourth-order valence-electron chi connectivity index (χ4n) is 8.78. The molecule has 0 bridgehead atoms. The predicted octanol–water partition coefficient (Wildman–Crippen LogP) is 6.67. The van der Waals surface area contributed by atoms with E-state index in [0.717, 1.165) is 57.0 Å². The number of fused-ring (bicyclic) bond motifs is 5. The molecule has 0 radical (unpaired) electrons. The molecule has 0 saturated heterocycles. The highest BCUT2D eigenvalue weighted by Gasteiger charge is 2.61. The van der Waals surface area contributed by atoms with E-state index in [0.29, 0.717) is 23.0 Å². The van der Waals surface area contributed by atoms with Crippen molar-refractivity contribution in [3.05, 3.63) is 0 Å². The number of carbonyl (C=O) groups excluding carboxylic acids is 1. The van der Waals surface area contributed by atoms with Gasteiger partial charge in [-0.1, -0.05) is 59.3 Å². The van der Waals surface area contributed by atoms with Gasteiger partial charge in [-0.05, 0) is 93.4 Å².